The van der Waals surface area contributed by atoms with E-state index in [9.17, 15) is 5.26 Å². The van der Waals surface area contributed by atoms with Gasteiger partial charge >= 0.3 is 0 Å². The second-order valence-corrected chi connectivity index (χ2v) is 5.70. The lowest BCUT2D eigenvalue weighted by molar-refractivity contribution is 0.340. The maximum atomic E-state index is 9.52. The molecule has 2 N–H and O–H groups in total. The third-order valence-corrected chi connectivity index (χ3v) is 4.06. The molecular weight excluding hydrogens is 310 g/mol. The Kier molecular flexibility index (Phi) is 4.67. The molecule has 0 aliphatic heterocycles. The minimum Gasteiger partial charge on any atom is -0.494 e. The Labute approximate surface area is 147 Å². The minimum atomic E-state index is 0.243. The maximum Gasteiger partial charge on any atom is 0.142 e. The molecule has 1 heterocycles. The van der Waals surface area contributed by atoms with Gasteiger partial charge in [0.25, 0.3) is 0 Å². The molecule has 124 valence electrons. The van der Waals surface area contributed by atoms with E-state index in [1.54, 1.807) is 0 Å². The zero-order valence-corrected chi connectivity index (χ0v) is 14.3. The lowest BCUT2D eigenvalue weighted by Gasteiger charge is -2.12. The summed E-state index contributed by atoms with van der Waals surface area (Å²) in [6.45, 7) is 4.59. The topological polar surface area (TPSA) is 71.9 Å². The summed E-state index contributed by atoms with van der Waals surface area (Å²) in [6.07, 6.45) is 0. The van der Waals surface area contributed by atoms with E-state index in [1.165, 1.54) is 0 Å². The van der Waals surface area contributed by atoms with Crippen molar-refractivity contribution in [3.63, 3.8) is 0 Å². The van der Waals surface area contributed by atoms with Crippen molar-refractivity contribution in [2.75, 3.05) is 12.3 Å². The first kappa shape index (κ1) is 16.5. The van der Waals surface area contributed by atoms with Gasteiger partial charge in [0.1, 0.15) is 23.2 Å². The average Bonchev–Trinajstić information content (AvgIpc) is 2.62. The lowest BCUT2D eigenvalue weighted by atomic mass is 9.97. The largest absolute Gasteiger partial charge is 0.494 e. The quantitative estimate of drug-likeness (QED) is 0.760. The Hall–Kier alpha value is -3.32. The molecule has 0 aliphatic rings. The van der Waals surface area contributed by atoms with Gasteiger partial charge in [-0.05, 0) is 43.2 Å². The first-order valence-corrected chi connectivity index (χ1v) is 8.14. The highest BCUT2D eigenvalue weighted by atomic mass is 16.5. The third kappa shape index (κ3) is 3.31. The van der Waals surface area contributed by atoms with Crippen molar-refractivity contribution >= 4 is 5.82 Å². The van der Waals surface area contributed by atoms with Crippen LogP contribution < -0.4 is 10.5 Å². The van der Waals surface area contributed by atoms with E-state index in [1.807, 2.05) is 68.4 Å². The van der Waals surface area contributed by atoms with Crippen molar-refractivity contribution in [1.82, 2.24) is 4.98 Å². The van der Waals surface area contributed by atoms with E-state index in [0.29, 0.717) is 12.2 Å². The number of nitriles is 1. The van der Waals surface area contributed by atoms with Crippen molar-refractivity contribution in [1.29, 1.82) is 5.26 Å². The standard InChI is InChI=1S/C21H19N3O/c1-3-25-16-10-8-15(9-11-16)18-12-20(24-21(23)19(18)13-22)17-7-5-4-6-14(17)2/h4-12H,3H2,1-2H3,(H2,23,24). The highest BCUT2D eigenvalue weighted by molar-refractivity contribution is 5.80. The number of ether oxygens (including phenoxy) is 1. The molecule has 3 rings (SSSR count). The van der Waals surface area contributed by atoms with Crippen LogP contribution in [0.15, 0.2) is 54.6 Å². The number of hydrogen-bond acceptors (Lipinski definition) is 4. The molecule has 1 aromatic heterocycles. The van der Waals surface area contributed by atoms with Crippen molar-refractivity contribution in [3.8, 4) is 34.2 Å². The van der Waals surface area contributed by atoms with Crippen LogP contribution in [-0.4, -0.2) is 11.6 Å². The van der Waals surface area contributed by atoms with Gasteiger partial charge in [0.05, 0.1) is 12.3 Å². The molecule has 0 atom stereocenters. The summed E-state index contributed by atoms with van der Waals surface area (Å²) in [5.41, 5.74) is 11.0. The number of nitrogen functional groups attached to an aromatic ring is 1. The molecule has 0 fully saturated rings. The summed E-state index contributed by atoms with van der Waals surface area (Å²) in [6, 6.07) is 19.7. The third-order valence-electron chi connectivity index (χ3n) is 4.06. The van der Waals surface area contributed by atoms with Crippen LogP contribution in [0.5, 0.6) is 5.75 Å². The maximum absolute atomic E-state index is 9.52. The van der Waals surface area contributed by atoms with Crippen LogP contribution in [0.1, 0.15) is 18.1 Å². The van der Waals surface area contributed by atoms with E-state index < -0.39 is 0 Å². The molecule has 4 nitrogen and oxygen atoms in total. The van der Waals surface area contributed by atoms with Gasteiger partial charge in [0, 0.05) is 11.1 Å². The summed E-state index contributed by atoms with van der Waals surface area (Å²) in [7, 11) is 0. The normalized spacial score (nSPS) is 10.3. The van der Waals surface area contributed by atoms with E-state index >= 15 is 0 Å². The Balaban J connectivity index is 2.15. The van der Waals surface area contributed by atoms with Gasteiger partial charge in [-0.3, -0.25) is 0 Å². The fourth-order valence-corrected chi connectivity index (χ4v) is 2.81. The number of anilines is 1. The monoisotopic (exact) mass is 329 g/mol. The summed E-state index contributed by atoms with van der Waals surface area (Å²) < 4.78 is 5.48. The van der Waals surface area contributed by atoms with Crippen molar-refractivity contribution in [3.05, 3.63) is 65.7 Å². The number of pyridine rings is 1. The minimum absolute atomic E-state index is 0.243. The van der Waals surface area contributed by atoms with E-state index in [0.717, 1.165) is 33.7 Å². The number of benzene rings is 2. The molecule has 0 aliphatic carbocycles. The van der Waals surface area contributed by atoms with Crippen molar-refractivity contribution < 1.29 is 4.74 Å². The molecule has 0 radical (unpaired) electrons. The lowest BCUT2D eigenvalue weighted by Crippen LogP contribution is -2.00. The van der Waals surface area contributed by atoms with E-state index in [-0.39, 0.29) is 5.82 Å². The zero-order valence-electron chi connectivity index (χ0n) is 14.3. The smallest absolute Gasteiger partial charge is 0.142 e. The van der Waals surface area contributed by atoms with Crippen LogP contribution in [-0.2, 0) is 0 Å². The second kappa shape index (κ2) is 7.06. The molecule has 0 unspecified atom stereocenters. The van der Waals surface area contributed by atoms with Crippen LogP contribution >= 0.6 is 0 Å². The molecule has 25 heavy (non-hydrogen) atoms. The second-order valence-electron chi connectivity index (χ2n) is 5.70. The predicted molar refractivity (Wildman–Crippen MR) is 100 cm³/mol. The average molecular weight is 329 g/mol. The molecule has 0 saturated carbocycles. The molecule has 4 heteroatoms. The molecular formula is C21H19N3O. The first-order chi connectivity index (χ1) is 12.1. The van der Waals surface area contributed by atoms with Gasteiger partial charge in [0.2, 0.25) is 0 Å². The van der Waals surface area contributed by atoms with Crippen LogP contribution in [0.3, 0.4) is 0 Å². The van der Waals surface area contributed by atoms with E-state index in [4.69, 9.17) is 10.5 Å². The van der Waals surface area contributed by atoms with Gasteiger partial charge < -0.3 is 10.5 Å². The highest BCUT2D eigenvalue weighted by Crippen LogP contribution is 2.33. The van der Waals surface area contributed by atoms with Gasteiger partial charge in [-0.2, -0.15) is 5.26 Å². The summed E-state index contributed by atoms with van der Waals surface area (Å²) in [5.74, 6) is 1.04. The van der Waals surface area contributed by atoms with Crippen LogP contribution in [0.2, 0.25) is 0 Å². The van der Waals surface area contributed by atoms with Gasteiger partial charge in [-0.15, -0.1) is 0 Å². The van der Waals surface area contributed by atoms with Crippen LogP contribution in [0.25, 0.3) is 22.4 Å². The Morgan fingerprint density at radius 3 is 2.44 bits per heavy atom. The number of aromatic nitrogens is 1. The van der Waals surface area contributed by atoms with Gasteiger partial charge in [-0.1, -0.05) is 36.4 Å². The summed E-state index contributed by atoms with van der Waals surface area (Å²) >= 11 is 0. The fourth-order valence-electron chi connectivity index (χ4n) is 2.81. The number of aryl methyl sites for hydroxylation is 1. The molecule has 0 saturated heterocycles. The summed E-state index contributed by atoms with van der Waals surface area (Å²) in [4.78, 5) is 4.44. The number of hydrogen-bond donors (Lipinski definition) is 1. The fraction of sp³-hybridized carbons (Fsp3) is 0.143. The zero-order chi connectivity index (χ0) is 17.8. The Bertz CT molecular complexity index is 940. The summed E-state index contributed by atoms with van der Waals surface area (Å²) in [5, 5.41) is 9.52. The van der Waals surface area contributed by atoms with Crippen LogP contribution in [0.4, 0.5) is 5.82 Å². The van der Waals surface area contributed by atoms with E-state index in [2.05, 4.69) is 11.1 Å². The van der Waals surface area contributed by atoms with Gasteiger partial charge in [0.15, 0.2) is 0 Å². The molecule has 3 aromatic rings. The highest BCUT2D eigenvalue weighted by Gasteiger charge is 2.14. The van der Waals surface area contributed by atoms with Crippen LogP contribution in [0, 0.1) is 18.3 Å². The predicted octanol–water partition coefficient (Wildman–Crippen LogP) is 4.58. The number of nitrogens with two attached hydrogens (primary N) is 1. The molecule has 0 amide bonds. The Morgan fingerprint density at radius 2 is 1.80 bits per heavy atom. The van der Waals surface area contributed by atoms with Gasteiger partial charge in [-0.25, -0.2) is 4.98 Å². The Morgan fingerprint density at radius 1 is 1.08 bits per heavy atom. The first-order valence-electron chi connectivity index (χ1n) is 8.14. The number of nitrogens with zero attached hydrogens (tertiary/aromatic N) is 2. The SMILES string of the molecule is CCOc1ccc(-c2cc(-c3ccccc3C)nc(N)c2C#N)cc1. The van der Waals surface area contributed by atoms with Crippen molar-refractivity contribution in [2.45, 2.75) is 13.8 Å². The van der Waals surface area contributed by atoms with Crippen molar-refractivity contribution in [2.24, 2.45) is 0 Å². The molecule has 0 spiro atoms. The number of rotatable bonds is 4. The molecule has 0 bridgehead atoms. The molecule has 2 aromatic carbocycles.